The molecule has 3 N–H and O–H groups in total. The summed E-state index contributed by atoms with van der Waals surface area (Å²) >= 11 is 11.8. The van der Waals surface area contributed by atoms with Crippen molar-refractivity contribution >= 4 is 23.2 Å². The summed E-state index contributed by atoms with van der Waals surface area (Å²) in [7, 11) is 0. The first-order chi connectivity index (χ1) is 10.1. The van der Waals surface area contributed by atoms with Gasteiger partial charge in [0.25, 0.3) is 0 Å². The molecule has 0 aromatic heterocycles. The molecule has 1 unspecified atom stereocenters. The number of halogens is 3. The fourth-order valence-electron chi connectivity index (χ4n) is 1.85. The second-order valence-electron chi connectivity index (χ2n) is 4.57. The van der Waals surface area contributed by atoms with Crippen LogP contribution in [0.3, 0.4) is 0 Å². The van der Waals surface area contributed by atoms with Crippen molar-refractivity contribution in [1.29, 1.82) is 0 Å². The molecule has 2 aromatic rings. The topological polar surface area (TPSA) is 47.3 Å². The van der Waals surface area contributed by atoms with Gasteiger partial charge >= 0.3 is 0 Å². The fourth-order valence-corrected chi connectivity index (χ4v) is 2.22. The van der Waals surface area contributed by atoms with E-state index < -0.39 is 0 Å². The van der Waals surface area contributed by atoms with E-state index in [0.29, 0.717) is 28.8 Å². The highest BCUT2D eigenvalue weighted by molar-refractivity contribution is 6.31. The zero-order valence-corrected chi connectivity index (χ0v) is 12.7. The van der Waals surface area contributed by atoms with E-state index in [1.807, 2.05) is 0 Å². The summed E-state index contributed by atoms with van der Waals surface area (Å²) in [5, 5.41) is 1.02. The molecule has 21 heavy (non-hydrogen) atoms. The number of benzene rings is 2. The Balaban J connectivity index is 1.95. The van der Waals surface area contributed by atoms with Gasteiger partial charge in [-0.1, -0.05) is 29.3 Å². The molecule has 0 aliphatic carbocycles. The monoisotopic (exact) mass is 328 g/mol. The Hall–Kier alpha value is -1.33. The highest BCUT2D eigenvalue weighted by atomic mass is 35.5. The second kappa shape index (κ2) is 7.61. The molecule has 0 aliphatic heterocycles. The number of ether oxygens (including phenoxy) is 1. The van der Waals surface area contributed by atoms with Crippen molar-refractivity contribution in [3.05, 3.63) is 63.9 Å². The molecule has 6 heteroatoms. The van der Waals surface area contributed by atoms with Crippen LogP contribution in [0, 0.1) is 5.82 Å². The van der Waals surface area contributed by atoms with Crippen LogP contribution in [0.2, 0.25) is 10.0 Å². The van der Waals surface area contributed by atoms with Crippen molar-refractivity contribution in [3.63, 3.8) is 0 Å². The predicted octanol–water partition coefficient (Wildman–Crippen LogP) is 3.59. The molecule has 0 aliphatic rings. The van der Waals surface area contributed by atoms with Crippen molar-refractivity contribution in [2.75, 3.05) is 6.61 Å². The third kappa shape index (κ3) is 4.86. The Morgan fingerprint density at radius 2 is 1.86 bits per heavy atom. The summed E-state index contributed by atoms with van der Waals surface area (Å²) in [6.45, 7) is 0.353. The van der Waals surface area contributed by atoms with Gasteiger partial charge in [-0.2, -0.15) is 0 Å². The van der Waals surface area contributed by atoms with Crippen molar-refractivity contribution in [2.45, 2.75) is 12.5 Å². The molecule has 3 nitrogen and oxygen atoms in total. The van der Waals surface area contributed by atoms with Crippen molar-refractivity contribution in [3.8, 4) is 5.75 Å². The lowest BCUT2D eigenvalue weighted by atomic mass is 10.1. The molecular formula is C15H15Cl2FN2O. The summed E-state index contributed by atoms with van der Waals surface area (Å²) in [6.07, 6.45) is 0.531. The fraction of sp³-hybridized carbons (Fsp3) is 0.200. The van der Waals surface area contributed by atoms with E-state index in [0.717, 1.165) is 5.56 Å². The molecule has 0 spiro atoms. The Labute approximate surface area is 132 Å². The van der Waals surface area contributed by atoms with Gasteiger partial charge in [-0.15, -0.1) is 0 Å². The van der Waals surface area contributed by atoms with Crippen LogP contribution >= 0.6 is 23.2 Å². The summed E-state index contributed by atoms with van der Waals surface area (Å²) in [5.41, 5.74) is 3.48. The predicted molar refractivity (Wildman–Crippen MR) is 83.2 cm³/mol. The minimum Gasteiger partial charge on any atom is -0.492 e. The lowest BCUT2D eigenvalue weighted by Gasteiger charge is -2.17. The van der Waals surface area contributed by atoms with Crippen LogP contribution in [0.25, 0.3) is 0 Å². The van der Waals surface area contributed by atoms with Gasteiger partial charge in [0, 0.05) is 10.0 Å². The van der Waals surface area contributed by atoms with Gasteiger partial charge in [-0.05, 0) is 48.4 Å². The van der Waals surface area contributed by atoms with Crippen LogP contribution in [-0.2, 0) is 6.42 Å². The van der Waals surface area contributed by atoms with Gasteiger partial charge in [0.1, 0.15) is 18.2 Å². The van der Waals surface area contributed by atoms with E-state index in [2.05, 4.69) is 5.43 Å². The number of nitrogens with one attached hydrogen (secondary N) is 1. The SMILES string of the molecule is NNC(COc1ccc(Cl)cc1)Cc1ccc(F)cc1Cl. The number of hydrogen-bond acceptors (Lipinski definition) is 3. The Morgan fingerprint density at radius 3 is 2.48 bits per heavy atom. The summed E-state index contributed by atoms with van der Waals surface area (Å²) in [4.78, 5) is 0. The van der Waals surface area contributed by atoms with Gasteiger partial charge in [0.2, 0.25) is 0 Å². The first-order valence-corrected chi connectivity index (χ1v) is 7.12. The minimum absolute atomic E-state index is 0.149. The number of hydrogen-bond donors (Lipinski definition) is 2. The van der Waals surface area contributed by atoms with Crippen LogP contribution in [0.5, 0.6) is 5.75 Å². The molecule has 2 aromatic carbocycles. The average Bonchev–Trinajstić information content (AvgIpc) is 2.47. The molecule has 0 radical (unpaired) electrons. The van der Waals surface area contributed by atoms with Crippen molar-refractivity contribution in [2.24, 2.45) is 5.84 Å². The van der Waals surface area contributed by atoms with E-state index in [1.54, 1.807) is 30.3 Å². The van der Waals surface area contributed by atoms with Crippen molar-refractivity contribution in [1.82, 2.24) is 5.43 Å². The summed E-state index contributed by atoms with van der Waals surface area (Å²) < 4.78 is 18.6. The quantitative estimate of drug-likeness (QED) is 0.629. The average molecular weight is 329 g/mol. The molecule has 112 valence electrons. The number of nitrogens with two attached hydrogens (primary N) is 1. The van der Waals surface area contributed by atoms with E-state index in [-0.39, 0.29) is 11.9 Å². The highest BCUT2D eigenvalue weighted by Crippen LogP contribution is 2.20. The van der Waals surface area contributed by atoms with E-state index in [9.17, 15) is 4.39 Å². The van der Waals surface area contributed by atoms with Gasteiger partial charge in [-0.25, -0.2) is 4.39 Å². The Kier molecular flexibility index (Phi) is 5.82. The molecule has 0 fully saturated rings. The molecule has 0 saturated heterocycles. The van der Waals surface area contributed by atoms with Gasteiger partial charge < -0.3 is 4.74 Å². The molecule has 1 atom stereocenters. The summed E-state index contributed by atoms with van der Waals surface area (Å²) in [5.74, 6) is 5.86. The maximum absolute atomic E-state index is 13.0. The van der Waals surface area contributed by atoms with Gasteiger partial charge in [0.05, 0.1) is 6.04 Å². The van der Waals surface area contributed by atoms with Crippen LogP contribution in [-0.4, -0.2) is 12.6 Å². The first kappa shape index (κ1) is 16.0. The third-order valence-corrected chi connectivity index (χ3v) is 3.59. The van der Waals surface area contributed by atoms with Crippen LogP contribution in [0.4, 0.5) is 4.39 Å². The lowest BCUT2D eigenvalue weighted by Crippen LogP contribution is -2.41. The van der Waals surface area contributed by atoms with Crippen LogP contribution in [0.15, 0.2) is 42.5 Å². The molecule has 2 rings (SSSR count). The smallest absolute Gasteiger partial charge is 0.124 e. The normalized spacial score (nSPS) is 12.2. The Morgan fingerprint density at radius 1 is 1.14 bits per heavy atom. The van der Waals surface area contributed by atoms with E-state index >= 15 is 0 Å². The zero-order valence-electron chi connectivity index (χ0n) is 11.2. The van der Waals surface area contributed by atoms with Crippen LogP contribution < -0.4 is 16.0 Å². The molecule has 0 heterocycles. The highest BCUT2D eigenvalue weighted by Gasteiger charge is 2.12. The molecular weight excluding hydrogens is 314 g/mol. The van der Waals surface area contributed by atoms with Crippen molar-refractivity contribution < 1.29 is 9.13 Å². The molecule has 0 bridgehead atoms. The molecule has 0 amide bonds. The van der Waals surface area contributed by atoms with E-state index in [1.165, 1.54) is 12.1 Å². The lowest BCUT2D eigenvalue weighted by molar-refractivity contribution is 0.264. The minimum atomic E-state index is -0.363. The summed E-state index contributed by atoms with van der Waals surface area (Å²) in [6, 6.07) is 11.2. The number of hydrazine groups is 1. The van der Waals surface area contributed by atoms with Gasteiger partial charge in [0.15, 0.2) is 0 Å². The molecule has 0 saturated carbocycles. The zero-order chi connectivity index (χ0) is 15.2. The first-order valence-electron chi connectivity index (χ1n) is 6.37. The van der Waals surface area contributed by atoms with Crippen LogP contribution in [0.1, 0.15) is 5.56 Å². The van der Waals surface area contributed by atoms with E-state index in [4.69, 9.17) is 33.8 Å². The third-order valence-electron chi connectivity index (χ3n) is 2.98. The standard InChI is InChI=1S/C15H15Cl2FN2O/c16-11-2-5-14(6-3-11)21-9-13(20-19)7-10-1-4-12(18)8-15(10)17/h1-6,8,13,20H,7,9,19H2. The second-order valence-corrected chi connectivity index (χ2v) is 5.41. The maximum Gasteiger partial charge on any atom is 0.124 e. The van der Waals surface area contributed by atoms with Gasteiger partial charge in [-0.3, -0.25) is 11.3 Å². The number of rotatable bonds is 6. The maximum atomic E-state index is 13.0. The largest absolute Gasteiger partial charge is 0.492 e. The Bertz CT molecular complexity index is 593.